The SMILES string of the molecule is C=C(/C=C\C=C/C)[C@@H](NC(=O)OC)C(=O)N1C[C@@H](COCC2CCCC2)C[C@H]1c1nc2ccc3cc(-c4ccc5c(ccc6nc([C@@H]7CCCN7C(=O)[C@@H](NC(=O)OC)C(C)C)[nH]c65)c4)ccc3c2[nH]1. The average molecular weight is 949 g/mol. The standard InChI is InChI=1S/C55H64N8O7/c1-7-8-9-13-33(4)47(61-55(67)69-6)53(65)63-29-35(31-70-30-34-14-10-11-15-34)26-45(63)51-57-43-24-20-39-28-37(18-22-41(39)49(43)59-51)36-17-21-40-38(27-36)19-23-42-48(40)58-50(56-42)44-16-12-25-62(44)52(64)46(32(2)3)60-54(66)68-5/h7-9,13,17-24,27-28,32,34-35,44-47H,4,10-12,14-16,25-26,29-31H2,1-3,5-6H3,(H,56,58)(H,57,59)(H,60,66)(H,61,67)/b8-7-,13-9-/t35-,44-,45-,46-,47+/m0/s1. The lowest BCUT2D eigenvalue weighted by atomic mass is 9.98. The molecule has 5 atom stereocenters. The maximum atomic E-state index is 14.6. The summed E-state index contributed by atoms with van der Waals surface area (Å²) in [4.78, 5) is 74.1. The van der Waals surface area contributed by atoms with Gasteiger partial charge in [-0.1, -0.05) is 94.0 Å². The number of hydrogen-bond donors (Lipinski definition) is 4. The Bertz CT molecular complexity index is 3000. The van der Waals surface area contributed by atoms with Crippen molar-refractivity contribution >= 4 is 67.6 Å². The molecule has 4 heterocycles. The van der Waals surface area contributed by atoms with Gasteiger partial charge in [-0.25, -0.2) is 19.6 Å². The van der Waals surface area contributed by atoms with Crippen molar-refractivity contribution in [1.82, 2.24) is 40.4 Å². The molecule has 4 aromatic carbocycles. The molecular weight excluding hydrogens is 885 g/mol. The van der Waals surface area contributed by atoms with Crippen LogP contribution in [0.5, 0.6) is 0 Å². The summed E-state index contributed by atoms with van der Waals surface area (Å²) in [5.74, 6) is 1.50. The Morgan fingerprint density at radius 3 is 1.94 bits per heavy atom. The second-order valence-electron chi connectivity index (χ2n) is 19.4. The maximum Gasteiger partial charge on any atom is 0.407 e. The zero-order chi connectivity index (χ0) is 49.1. The molecule has 2 saturated heterocycles. The van der Waals surface area contributed by atoms with E-state index in [1.165, 1.54) is 39.9 Å². The van der Waals surface area contributed by atoms with Crippen molar-refractivity contribution in [3.63, 3.8) is 0 Å². The second kappa shape index (κ2) is 20.9. The summed E-state index contributed by atoms with van der Waals surface area (Å²) in [6.45, 7) is 12.2. The van der Waals surface area contributed by atoms with Gasteiger partial charge in [-0.3, -0.25) is 9.59 Å². The molecule has 9 rings (SSSR count). The Labute approximate surface area is 408 Å². The van der Waals surface area contributed by atoms with Gasteiger partial charge in [-0.05, 0) is 103 Å². The molecule has 6 aromatic rings. The van der Waals surface area contributed by atoms with E-state index in [1.54, 1.807) is 12.2 Å². The zero-order valence-electron chi connectivity index (χ0n) is 40.8. The Balaban J connectivity index is 0.978. The minimum atomic E-state index is -1.04. The number of alkyl carbamates (subject to hydrolysis) is 2. The molecule has 0 radical (unpaired) electrons. The third-order valence-corrected chi connectivity index (χ3v) is 14.4. The molecule has 0 unspecified atom stereocenters. The summed E-state index contributed by atoms with van der Waals surface area (Å²) in [6, 6.07) is 18.7. The Hall–Kier alpha value is -7.00. The molecule has 2 aliphatic heterocycles. The van der Waals surface area contributed by atoms with Crippen LogP contribution in [-0.2, 0) is 23.8 Å². The second-order valence-corrected chi connectivity index (χ2v) is 19.4. The first-order valence-corrected chi connectivity index (χ1v) is 24.7. The number of aromatic nitrogens is 4. The summed E-state index contributed by atoms with van der Waals surface area (Å²) in [7, 11) is 2.57. The molecule has 1 aliphatic carbocycles. The van der Waals surface area contributed by atoms with Crippen LogP contribution in [-0.4, -0.2) is 106 Å². The highest BCUT2D eigenvalue weighted by Crippen LogP contribution is 2.39. The number of carbonyl (C=O) groups is 4. The number of hydrogen-bond acceptors (Lipinski definition) is 9. The van der Waals surface area contributed by atoms with E-state index >= 15 is 0 Å². The van der Waals surface area contributed by atoms with E-state index in [1.807, 2.05) is 54.9 Å². The van der Waals surface area contributed by atoms with E-state index in [2.05, 4.69) is 75.7 Å². The number of methoxy groups -OCH3 is 2. The number of benzene rings is 4. The quantitative estimate of drug-likeness (QED) is 0.0728. The maximum absolute atomic E-state index is 14.6. The van der Waals surface area contributed by atoms with Gasteiger partial charge in [0.15, 0.2) is 0 Å². The first-order chi connectivity index (χ1) is 33.9. The third-order valence-electron chi connectivity index (χ3n) is 14.4. The Morgan fingerprint density at radius 2 is 1.34 bits per heavy atom. The molecule has 1 saturated carbocycles. The predicted octanol–water partition coefficient (Wildman–Crippen LogP) is 9.97. The summed E-state index contributed by atoms with van der Waals surface area (Å²) in [5.41, 5.74) is 5.96. The first-order valence-electron chi connectivity index (χ1n) is 24.7. The molecule has 366 valence electrons. The number of amides is 4. The van der Waals surface area contributed by atoms with E-state index in [4.69, 9.17) is 24.2 Å². The largest absolute Gasteiger partial charge is 0.453 e. The van der Waals surface area contributed by atoms with Crippen LogP contribution >= 0.6 is 0 Å². The molecule has 4 N–H and O–H groups in total. The predicted molar refractivity (Wildman–Crippen MR) is 272 cm³/mol. The van der Waals surface area contributed by atoms with Gasteiger partial charge < -0.3 is 44.6 Å². The third kappa shape index (κ3) is 9.89. The fraction of sp³-hybridized carbons (Fsp3) is 0.418. The summed E-state index contributed by atoms with van der Waals surface area (Å²) in [6.07, 6.45) is 13.0. The number of imidazole rings is 2. The molecular formula is C55H64N8O7. The van der Waals surface area contributed by atoms with Crippen LogP contribution in [0.1, 0.15) is 89.4 Å². The lowest BCUT2D eigenvalue weighted by molar-refractivity contribution is -0.135. The normalized spacial score (nSPS) is 19.7. The minimum absolute atomic E-state index is 0.0658. The Kier molecular flexibility index (Phi) is 14.4. The van der Waals surface area contributed by atoms with Gasteiger partial charge in [-0.15, -0.1) is 0 Å². The smallest absolute Gasteiger partial charge is 0.407 e. The Morgan fingerprint density at radius 1 is 0.743 bits per heavy atom. The number of rotatable bonds is 15. The fourth-order valence-electron chi connectivity index (χ4n) is 10.7. The molecule has 0 spiro atoms. The monoisotopic (exact) mass is 948 g/mol. The highest BCUT2D eigenvalue weighted by molar-refractivity contribution is 6.07. The lowest BCUT2D eigenvalue weighted by Gasteiger charge is -2.29. The molecule has 15 nitrogen and oxygen atoms in total. The number of likely N-dealkylation sites (tertiary alicyclic amines) is 2. The molecule has 2 aromatic heterocycles. The zero-order valence-corrected chi connectivity index (χ0v) is 40.8. The van der Waals surface area contributed by atoms with Crippen molar-refractivity contribution in [1.29, 1.82) is 0 Å². The average Bonchev–Trinajstić information content (AvgIpc) is 4.24. The highest BCUT2D eigenvalue weighted by atomic mass is 16.5. The van der Waals surface area contributed by atoms with Crippen molar-refractivity contribution in [3.8, 4) is 11.1 Å². The van der Waals surface area contributed by atoms with Gasteiger partial charge in [-0.2, -0.15) is 0 Å². The van der Waals surface area contributed by atoms with Gasteiger partial charge in [0.2, 0.25) is 5.91 Å². The molecule has 15 heteroatoms. The van der Waals surface area contributed by atoms with Crippen molar-refractivity contribution in [2.24, 2.45) is 17.8 Å². The first kappa shape index (κ1) is 48.0. The summed E-state index contributed by atoms with van der Waals surface area (Å²) in [5, 5.41) is 9.58. The van der Waals surface area contributed by atoms with Crippen molar-refractivity contribution in [3.05, 3.63) is 109 Å². The van der Waals surface area contributed by atoms with Gasteiger partial charge in [0.25, 0.3) is 5.91 Å². The van der Waals surface area contributed by atoms with Crippen molar-refractivity contribution < 1.29 is 33.4 Å². The topological polar surface area (TPSA) is 184 Å². The van der Waals surface area contributed by atoms with Crippen LogP contribution in [0.15, 0.2) is 97.1 Å². The van der Waals surface area contributed by atoms with E-state index in [-0.39, 0.29) is 29.7 Å². The fourth-order valence-corrected chi connectivity index (χ4v) is 10.7. The number of ether oxygens (including phenoxy) is 3. The van der Waals surface area contributed by atoms with E-state index in [9.17, 15) is 19.2 Å². The summed E-state index contributed by atoms with van der Waals surface area (Å²) >= 11 is 0. The van der Waals surface area contributed by atoms with Crippen LogP contribution in [0.2, 0.25) is 0 Å². The number of nitrogens with one attached hydrogen (secondary N) is 4. The number of H-pyrrole nitrogens is 2. The number of aromatic amines is 2. The van der Waals surface area contributed by atoms with E-state index < -0.39 is 30.3 Å². The van der Waals surface area contributed by atoms with Crippen molar-refractivity contribution in [2.45, 2.75) is 89.9 Å². The van der Waals surface area contributed by atoms with Crippen molar-refractivity contribution in [2.75, 3.05) is 40.5 Å². The van der Waals surface area contributed by atoms with Crippen LogP contribution in [0.25, 0.3) is 54.7 Å². The molecule has 70 heavy (non-hydrogen) atoms. The van der Waals surface area contributed by atoms with Crippen LogP contribution in [0, 0.1) is 17.8 Å². The number of carbonyl (C=O) groups excluding carboxylic acids is 4. The van der Waals surface area contributed by atoms with Crippen LogP contribution in [0.3, 0.4) is 0 Å². The molecule has 3 aliphatic rings. The highest BCUT2D eigenvalue weighted by Gasteiger charge is 2.42. The van der Waals surface area contributed by atoms with Gasteiger partial charge in [0, 0.05) is 36.4 Å². The molecule has 4 amide bonds. The lowest BCUT2D eigenvalue weighted by Crippen LogP contribution is -2.51. The van der Waals surface area contributed by atoms with Crippen LogP contribution in [0.4, 0.5) is 9.59 Å². The van der Waals surface area contributed by atoms with Gasteiger partial charge >= 0.3 is 12.2 Å². The van der Waals surface area contributed by atoms with E-state index in [0.717, 1.165) is 80.0 Å². The summed E-state index contributed by atoms with van der Waals surface area (Å²) < 4.78 is 16.1. The minimum Gasteiger partial charge on any atom is -0.453 e. The van der Waals surface area contributed by atoms with E-state index in [0.29, 0.717) is 43.4 Å². The molecule has 3 fully saturated rings. The van der Waals surface area contributed by atoms with Gasteiger partial charge in [0.05, 0.1) is 55.0 Å². The number of nitrogens with zero attached hydrogens (tertiary/aromatic N) is 4. The number of allylic oxidation sites excluding steroid dienone is 3. The molecule has 0 bridgehead atoms. The van der Waals surface area contributed by atoms with Crippen LogP contribution < -0.4 is 10.6 Å². The number of fused-ring (bicyclic) bond motifs is 6. The van der Waals surface area contributed by atoms with Gasteiger partial charge in [0.1, 0.15) is 23.7 Å².